The van der Waals surface area contributed by atoms with Crippen molar-refractivity contribution in [2.24, 2.45) is 0 Å². The van der Waals surface area contributed by atoms with E-state index < -0.39 is 0 Å². The van der Waals surface area contributed by atoms with Gasteiger partial charge in [-0.2, -0.15) is 9.97 Å². The van der Waals surface area contributed by atoms with E-state index in [-0.39, 0.29) is 12.1 Å². The van der Waals surface area contributed by atoms with Crippen LogP contribution in [0.3, 0.4) is 0 Å². The number of hydrogen-bond donors (Lipinski definition) is 2. The van der Waals surface area contributed by atoms with Gasteiger partial charge in [-0.3, -0.25) is 0 Å². The molecule has 2 atom stereocenters. The minimum absolute atomic E-state index is 0.184. The standard InChI is InChI=1S/C11H16N6O/c1-6-7(3-4-18-6)17(2)10-8-9(14-5-13-8)15-11(12)16-10/h5-7H,3-4H2,1-2H3,(H3,12,13,14,15,16). The Labute approximate surface area is 104 Å². The van der Waals surface area contributed by atoms with Crippen LogP contribution in [0, 0.1) is 0 Å². The van der Waals surface area contributed by atoms with Gasteiger partial charge in [0.15, 0.2) is 11.5 Å². The zero-order chi connectivity index (χ0) is 12.7. The van der Waals surface area contributed by atoms with Crippen molar-refractivity contribution in [3.63, 3.8) is 0 Å². The third-order valence-corrected chi connectivity index (χ3v) is 3.45. The quantitative estimate of drug-likeness (QED) is 0.806. The number of H-pyrrole nitrogens is 1. The molecule has 0 aromatic carbocycles. The van der Waals surface area contributed by atoms with Gasteiger partial charge in [0, 0.05) is 13.7 Å². The fourth-order valence-corrected chi connectivity index (χ4v) is 2.48. The number of rotatable bonds is 2. The van der Waals surface area contributed by atoms with Gasteiger partial charge in [-0.15, -0.1) is 0 Å². The Balaban J connectivity index is 2.04. The zero-order valence-electron chi connectivity index (χ0n) is 10.4. The first-order chi connectivity index (χ1) is 8.66. The summed E-state index contributed by atoms with van der Waals surface area (Å²) in [7, 11) is 2.00. The number of aromatic nitrogens is 4. The smallest absolute Gasteiger partial charge is 0.224 e. The number of hydrogen-bond acceptors (Lipinski definition) is 6. The molecule has 1 saturated heterocycles. The molecule has 96 valence electrons. The lowest BCUT2D eigenvalue weighted by Gasteiger charge is -2.27. The first-order valence-electron chi connectivity index (χ1n) is 5.98. The number of nitrogen functional groups attached to an aromatic ring is 1. The van der Waals surface area contributed by atoms with Gasteiger partial charge in [0.1, 0.15) is 5.52 Å². The third kappa shape index (κ3) is 1.67. The van der Waals surface area contributed by atoms with E-state index in [1.165, 1.54) is 0 Å². The summed E-state index contributed by atoms with van der Waals surface area (Å²) in [6.45, 7) is 2.85. The number of nitrogens with zero attached hydrogens (tertiary/aromatic N) is 4. The molecule has 2 aromatic rings. The van der Waals surface area contributed by atoms with E-state index in [1.54, 1.807) is 6.33 Å². The highest BCUT2D eigenvalue weighted by Crippen LogP contribution is 2.27. The maximum atomic E-state index is 5.72. The molecule has 0 aliphatic carbocycles. The summed E-state index contributed by atoms with van der Waals surface area (Å²) < 4.78 is 5.59. The second-order valence-corrected chi connectivity index (χ2v) is 4.55. The number of anilines is 2. The predicted molar refractivity (Wildman–Crippen MR) is 68.3 cm³/mol. The Morgan fingerprint density at radius 2 is 2.33 bits per heavy atom. The maximum Gasteiger partial charge on any atom is 0.224 e. The largest absolute Gasteiger partial charge is 0.376 e. The first kappa shape index (κ1) is 11.2. The van der Waals surface area contributed by atoms with Gasteiger partial charge in [-0.1, -0.05) is 0 Å². The normalized spacial score (nSPS) is 23.7. The summed E-state index contributed by atoms with van der Waals surface area (Å²) in [6.07, 6.45) is 2.77. The van der Waals surface area contributed by atoms with Crippen molar-refractivity contribution < 1.29 is 4.74 Å². The van der Waals surface area contributed by atoms with Crippen molar-refractivity contribution in [1.29, 1.82) is 0 Å². The van der Waals surface area contributed by atoms with Crippen LogP contribution in [-0.2, 0) is 4.74 Å². The molecular formula is C11H16N6O. The molecule has 0 amide bonds. The molecule has 18 heavy (non-hydrogen) atoms. The molecular weight excluding hydrogens is 232 g/mol. The summed E-state index contributed by atoms with van der Waals surface area (Å²) in [5.74, 6) is 1.01. The van der Waals surface area contributed by atoms with Gasteiger partial charge < -0.3 is 20.4 Å². The summed E-state index contributed by atoms with van der Waals surface area (Å²) in [4.78, 5) is 17.7. The number of nitrogens with two attached hydrogens (primary N) is 1. The second-order valence-electron chi connectivity index (χ2n) is 4.55. The maximum absolute atomic E-state index is 5.72. The SMILES string of the molecule is CC1OCCC1N(C)c1nc(N)nc2nc[nH]c12. The number of fused-ring (bicyclic) bond motifs is 1. The molecule has 0 radical (unpaired) electrons. The number of nitrogens with one attached hydrogen (secondary N) is 1. The van der Waals surface area contributed by atoms with Crippen LogP contribution >= 0.6 is 0 Å². The molecule has 0 bridgehead atoms. The van der Waals surface area contributed by atoms with Crippen LogP contribution in [0.25, 0.3) is 11.2 Å². The van der Waals surface area contributed by atoms with Gasteiger partial charge >= 0.3 is 0 Å². The monoisotopic (exact) mass is 248 g/mol. The van der Waals surface area contributed by atoms with Crippen LogP contribution < -0.4 is 10.6 Å². The molecule has 7 nitrogen and oxygen atoms in total. The Bertz CT molecular complexity index is 568. The first-order valence-corrected chi connectivity index (χ1v) is 5.98. The van der Waals surface area contributed by atoms with Crippen molar-refractivity contribution in [3.8, 4) is 0 Å². The molecule has 1 fully saturated rings. The van der Waals surface area contributed by atoms with Crippen LogP contribution in [0.2, 0.25) is 0 Å². The highest BCUT2D eigenvalue weighted by molar-refractivity contribution is 5.84. The molecule has 1 aliphatic heterocycles. The van der Waals surface area contributed by atoms with E-state index in [1.807, 2.05) is 7.05 Å². The molecule has 2 unspecified atom stereocenters. The average Bonchev–Trinajstić information content (AvgIpc) is 2.95. The van der Waals surface area contributed by atoms with Gasteiger partial charge in [-0.05, 0) is 13.3 Å². The lowest BCUT2D eigenvalue weighted by Crippen LogP contribution is -2.37. The Morgan fingerprint density at radius 3 is 3.06 bits per heavy atom. The molecule has 1 aliphatic rings. The van der Waals surface area contributed by atoms with Crippen molar-refractivity contribution in [1.82, 2.24) is 19.9 Å². The van der Waals surface area contributed by atoms with Gasteiger partial charge in [0.05, 0.1) is 18.5 Å². The summed E-state index contributed by atoms with van der Waals surface area (Å²) in [6, 6.07) is 0.297. The Hall–Kier alpha value is -1.89. The minimum Gasteiger partial charge on any atom is -0.376 e. The fraction of sp³-hybridized carbons (Fsp3) is 0.545. The minimum atomic E-state index is 0.184. The number of likely N-dealkylation sites (N-methyl/N-ethyl adjacent to an activating group) is 1. The Morgan fingerprint density at radius 1 is 1.50 bits per heavy atom. The van der Waals surface area contributed by atoms with Gasteiger partial charge in [-0.25, -0.2) is 4.98 Å². The summed E-state index contributed by atoms with van der Waals surface area (Å²) in [5, 5.41) is 0. The molecule has 3 N–H and O–H groups in total. The molecule has 2 aromatic heterocycles. The van der Waals surface area contributed by atoms with Crippen LogP contribution in [0.4, 0.5) is 11.8 Å². The molecule has 0 spiro atoms. The lowest BCUT2D eigenvalue weighted by molar-refractivity contribution is 0.118. The van der Waals surface area contributed by atoms with E-state index in [0.29, 0.717) is 11.7 Å². The topological polar surface area (TPSA) is 92.9 Å². The van der Waals surface area contributed by atoms with Gasteiger partial charge in [0.2, 0.25) is 5.95 Å². The number of ether oxygens (including phenoxy) is 1. The summed E-state index contributed by atoms with van der Waals surface area (Å²) in [5.41, 5.74) is 7.13. The fourth-order valence-electron chi connectivity index (χ4n) is 2.48. The molecule has 0 saturated carbocycles. The van der Waals surface area contributed by atoms with E-state index in [4.69, 9.17) is 10.5 Å². The van der Waals surface area contributed by atoms with E-state index in [9.17, 15) is 0 Å². The average molecular weight is 248 g/mol. The Kier molecular flexibility index (Phi) is 2.55. The van der Waals surface area contributed by atoms with E-state index in [2.05, 4.69) is 31.8 Å². The zero-order valence-corrected chi connectivity index (χ0v) is 10.4. The van der Waals surface area contributed by atoms with Crippen LogP contribution in [0.15, 0.2) is 6.33 Å². The molecule has 7 heteroatoms. The molecule has 3 heterocycles. The van der Waals surface area contributed by atoms with Gasteiger partial charge in [0.25, 0.3) is 0 Å². The van der Waals surface area contributed by atoms with Crippen LogP contribution in [-0.4, -0.2) is 45.7 Å². The number of aromatic amines is 1. The van der Waals surface area contributed by atoms with Crippen molar-refractivity contribution in [2.75, 3.05) is 24.3 Å². The highest BCUT2D eigenvalue weighted by atomic mass is 16.5. The van der Waals surface area contributed by atoms with Crippen molar-refractivity contribution in [3.05, 3.63) is 6.33 Å². The van der Waals surface area contributed by atoms with Crippen molar-refractivity contribution >= 4 is 22.9 Å². The highest BCUT2D eigenvalue weighted by Gasteiger charge is 2.30. The van der Waals surface area contributed by atoms with Crippen LogP contribution in [0.1, 0.15) is 13.3 Å². The third-order valence-electron chi connectivity index (χ3n) is 3.45. The lowest BCUT2D eigenvalue weighted by atomic mass is 10.1. The van der Waals surface area contributed by atoms with Crippen LogP contribution in [0.5, 0.6) is 0 Å². The number of imidazole rings is 1. The van der Waals surface area contributed by atoms with Crippen molar-refractivity contribution in [2.45, 2.75) is 25.5 Å². The summed E-state index contributed by atoms with van der Waals surface area (Å²) >= 11 is 0. The predicted octanol–water partition coefficient (Wildman–Crippen LogP) is 0.549. The van der Waals surface area contributed by atoms with E-state index >= 15 is 0 Å². The molecule has 3 rings (SSSR count). The second kappa shape index (κ2) is 4.09. The van der Waals surface area contributed by atoms with E-state index in [0.717, 1.165) is 24.4 Å².